The second kappa shape index (κ2) is 5.60. The average molecular weight is 238 g/mol. The summed E-state index contributed by atoms with van der Waals surface area (Å²) in [4.78, 5) is 6.94. The maximum atomic E-state index is 5.24. The minimum atomic E-state index is 0.332. The first kappa shape index (κ1) is 12.5. The van der Waals surface area contributed by atoms with Gasteiger partial charge >= 0.3 is 0 Å². The van der Waals surface area contributed by atoms with Gasteiger partial charge in [-0.1, -0.05) is 11.6 Å². The highest BCUT2D eigenvalue weighted by Gasteiger charge is 2.29. The van der Waals surface area contributed by atoms with E-state index in [-0.39, 0.29) is 0 Å². The second-order valence-corrected chi connectivity index (χ2v) is 4.92. The average Bonchev–Trinajstić information content (AvgIpc) is 2.78. The van der Waals surface area contributed by atoms with Crippen molar-refractivity contribution in [2.45, 2.75) is 51.7 Å². The molecule has 0 spiro atoms. The van der Waals surface area contributed by atoms with Crippen LogP contribution in [0.5, 0.6) is 0 Å². The van der Waals surface area contributed by atoms with Crippen molar-refractivity contribution in [1.82, 2.24) is 20.4 Å². The zero-order chi connectivity index (χ0) is 12.3. The number of nitrogens with one attached hydrogen (secondary N) is 1. The van der Waals surface area contributed by atoms with Crippen LogP contribution in [0.1, 0.15) is 50.9 Å². The smallest absolute Gasteiger partial charge is 0.240 e. The molecule has 17 heavy (non-hydrogen) atoms. The molecule has 0 amide bonds. The van der Waals surface area contributed by atoms with E-state index in [1.165, 1.54) is 12.8 Å². The standard InChI is InChI=1S/C12H22N4O/c1-9(2)16-7-5-4-6-10(16)12-14-11(8-13-3)17-15-12/h9-10,13H,4-8H2,1-3H3. The monoisotopic (exact) mass is 238 g/mol. The number of piperidine rings is 1. The fourth-order valence-electron chi connectivity index (χ4n) is 2.48. The van der Waals surface area contributed by atoms with Crippen molar-refractivity contribution in [3.8, 4) is 0 Å². The summed E-state index contributed by atoms with van der Waals surface area (Å²) in [5.74, 6) is 1.53. The van der Waals surface area contributed by atoms with Gasteiger partial charge in [0, 0.05) is 6.04 Å². The molecule has 5 nitrogen and oxygen atoms in total. The van der Waals surface area contributed by atoms with E-state index in [0.717, 1.165) is 18.8 Å². The Morgan fingerprint density at radius 2 is 2.29 bits per heavy atom. The molecule has 0 bridgehead atoms. The minimum absolute atomic E-state index is 0.332. The van der Waals surface area contributed by atoms with Gasteiger partial charge in [-0.25, -0.2) is 0 Å². The van der Waals surface area contributed by atoms with Crippen molar-refractivity contribution < 1.29 is 4.52 Å². The SMILES string of the molecule is CNCc1nc(C2CCCCN2C(C)C)no1. The van der Waals surface area contributed by atoms with Crippen LogP contribution in [0.25, 0.3) is 0 Å². The Balaban J connectivity index is 2.11. The molecule has 96 valence electrons. The van der Waals surface area contributed by atoms with Crippen LogP contribution in [-0.4, -0.2) is 34.7 Å². The Hall–Kier alpha value is -0.940. The van der Waals surface area contributed by atoms with Gasteiger partial charge in [0.2, 0.25) is 5.89 Å². The summed E-state index contributed by atoms with van der Waals surface area (Å²) < 4.78 is 5.24. The molecule has 1 aromatic heterocycles. The summed E-state index contributed by atoms with van der Waals surface area (Å²) in [6, 6.07) is 0.865. The molecule has 1 aliphatic rings. The Labute approximate surface area is 103 Å². The Morgan fingerprint density at radius 3 is 3.00 bits per heavy atom. The summed E-state index contributed by atoms with van der Waals surface area (Å²) in [6.45, 7) is 6.24. The van der Waals surface area contributed by atoms with Crippen LogP contribution >= 0.6 is 0 Å². The third-order valence-corrected chi connectivity index (χ3v) is 3.32. The van der Waals surface area contributed by atoms with Crippen molar-refractivity contribution in [2.24, 2.45) is 0 Å². The van der Waals surface area contributed by atoms with E-state index < -0.39 is 0 Å². The number of hydrogen-bond acceptors (Lipinski definition) is 5. The van der Waals surface area contributed by atoms with Gasteiger partial charge < -0.3 is 9.84 Å². The fraction of sp³-hybridized carbons (Fsp3) is 0.833. The van der Waals surface area contributed by atoms with E-state index in [0.29, 0.717) is 24.5 Å². The van der Waals surface area contributed by atoms with Crippen LogP contribution in [0, 0.1) is 0 Å². The highest BCUT2D eigenvalue weighted by atomic mass is 16.5. The second-order valence-electron chi connectivity index (χ2n) is 4.92. The minimum Gasteiger partial charge on any atom is -0.338 e. The van der Waals surface area contributed by atoms with Crippen LogP contribution < -0.4 is 5.32 Å². The maximum Gasteiger partial charge on any atom is 0.240 e. The molecule has 0 saturated carbocycles. The van der Waals surface area contributed by atoms with Gasteiger partial charge in [-0.3, -0.25) is 4.90 Å². The Kier molecular flexibility index (Phi) is 4.12. The van der Waals surface area contributed by atoms with Crippen LogP contribution in [-0.2, 0) is 6.54 Å². The molecule has 1 saturated heterocycles. The first-order chi connectivity index (χ1) is 8.22. The quantitative estimate of drug-likeness (QED) is 0.865. The lowest BCUT2D eigenvalue weighted by Gasteiger charge is -2.36. The molecule has 2 heterocycles. The summed E-state index contributed by atoms with van der Waals surface area (Å²) >= 11 is 0. The van der Waals surface area contributed by atoms with Crippen molar-refractivity contribution >= 4 is 0 Å². The molecule has 0 aliphatic carbocycles. The van der Waals surface area contributed by atoms with Crippen molar-refractivity contribution in [3.05, 3.63) is 11.7 Å². The molecule has 2 rings (SSSR count). The van der Waals surface area contributed by atoms with E-state index >= 15 is 0 Å². The van der Waals surface area contributed by atoms with Gasteiger partial charge in [-0.05, 0) is 40.3 Å². The molecule has 1 fully saturated rings. The van der Waals surface area contributed by atoms with Crippen molar-refractivity contribution in [1.29, 1.82) is 0 Å². The zero-order valence-corrected chi connectivity index (χ0v) is 10.9. The molecular formula is C12H22N4O. The Morgan fingerprint density at radius 1 is 1.47 bits per heavy atom. The molecule has 1 atom stereocenters. The van der Waals surface area contributed by atoms with E-state index in [1.807, 2.05) is 7.05 Å². The van der Waals surface area contributed by atoms with Crippen molar-refractivity contribution in [2.75, 3.05) is 13.6 Å². The topological polar surface area (TPSA) is 54.2 Å². The number of nitrogens with zero attached hydrogens (tertiary/aromatic N) is 3. The molecular weight excluding hydrogens is 216 g/mol. The zero-order valence-electron chi connectivity index (χ0n) is 10.9. The molecule has 1 aliphatic heterocycles. The lowest BCUT2D eigenvalue weighted by molar-refractivity contribution is 0.104. The highest BCUT2D eigenvalue weighted by molar-refractivity contribution is 4.97. The number of hydrogen-bond donors (Lipinski definition) is 1. The van der Waals surface area contributed by atoms with Gasteiger partial charge in [-0.15, -0.1) is 0 Å². The third kappa shape index (κ3) is 2.84. The van der Waals surface area contributed by atoms with Crippen molar-refractivity contribution in [3.63, 3.8) is 0 Å². The lowest BCUT2D eigenvalue weighted by Crippen LogP contribution is -2.39. The highest BCUT2D eigenvalue weighted by Crippen LogP contribution is 2.30. The molecule has 0 aromatic carbocycles. The summed E-state index contributed by atoms with van der Waals surface area (Å²) in [6.07, 6.45) is 3.66. The predicted molar refractivity (Wildman–Crippen MR) is 65.5 cm³/mol. The summed E-state index contributed by atoms with van der Waals surface area (Å²) in [5.41, 5.74) is 0. The molecule has 5 heteroatoms. The van der Waals surface area contributed by atoms with Crippen LogP contribution in [0.15, 0.2) is 4.52 Å². The summed E-state index contributed by atoms with van der Waals surface area (Å²) in [5, 5.41) is 7.15. The van der Waals surface area contributed by atoms with E-state index in [9.17, 15) is 0 Å². The van der Waals surface area contributed by atoms with Crippen LogP contribution in [0.4, 0.5) is 0 Å². The van der Waals surface area contributed by atoms with E-state index in [2.05, 4.69) is 34.2 Å². The normalized spacial score (nSPS) is 22.2. The lowest BCUT2D eigenvalue weighted by atomic mass is 10.00. The Bertz CT molecular complexity index is 350. The van der Waals surface area contributed by atoms with E-state index in [1.54, 1.807) is 0 Å². The first-order valence-electron chi connectivity index (χ1n) is 6.45. The molecule has 1 aromatic rings. The van der Waals surface area contributed by atoms with Crippen LogP contribution in [0.2, 0.25) is 0 Å². The first-order valence-corrected chi connectivity index (χ1v) is 6.45. The van der Waals surface area contributed by atoms with Gasteiger partial charge in [0.25, 0.3) is 0 Å². The predicted octanol–water partition coefficient (Wildman–Crippen LogP) is 1.72. The maximum absolute atomic E-state index is 5.24. The van der Waals surface area contributed by atoms with E-state index in [4.69, 9.17) is 4.52 Å². The number of aromatic nitrogens is 2. The number of likely N-dealkylation sites (tertiary alicyclic amines) is 1. The van der Waals surface area contributed by atoms with Gasteiger partial charge in [-0.2, -0.15) is 4.98 Å². The summed E-state index contributed by atoms with van der Waals surface area (Å²) in [7, 11) is 1.88. The molecule has 0 radical (unpaired) electrons. The fourth-order valence-corrected chi connectivity index (χ4v) is 2.48. The molecule has 1 N–H and O–H groups in total. The largest absolute Gasteiger partial charge is 0.338 e. The molecule has 1 unspecified atom stereocenters. The number of rotatable bonds is 4. The third-order valence-electron chi connectivity index (χ3n) is 3.32. The van der Waals surface area contributed by atoms with Gasteiger partial charge in [0.1, 0.15) is 0 Å². The van der Waals surface area contributed by atoms with Gasteiger partial charge in [0.15, 0.2) is 5.82 Å². The van der Waals surface area contributed by atoms with Crippen LogP contribution in [0.3, 0.4) is 0 Å². The van der Waals surface area contributed by atoms with Gasteiger partial charge in [0.05, 0.1) is 12.6 Å².